The van der Waals surface area contributed by atoms with Gasteiger partial charge in [0.05, 0.1) is 6.10 Å². The quantitative estimate of drug-likeness (QED) is 0.695. The summed E-state index contributed by atoms with van der Waals surface area (Å²) in [6.45, 7) is 3.51. The molecule has 0 saturated carbocycles. The third-order valence-electron chi connectivity index (χ3n) is 1.61. The van der Waals surface area contributed by atoms with Gasteiger partial charge in [-0.1, -0.05) is 30.3 Å². The van der Waals surface area contributed by atoms with Gasteiger partial charge >= 0.3 is 0 Å². The summed E-state index contributed by atoms with van der Waals surface area (Å²) in [6, 6.07) is 10.1. The molecule has 1 aromatic carbocycles. The van der Waals surface area contributed by atoms with E-state index in [0.717, 1.165) is 12.8 Å². The van der Waals surface area contributed by atoms with E-state index in [1.807, 2.05) is 18.2 Å². The Labute approximate surface area is 67.7 Å². The minimum absolute atomic E-state index is 0.435. The average Bonchev–Trinajstić information content (AvgIpc) is 2.03. The Balaban J connectivity index is 2.39. The Morgan fingerprint density at radius 2 is 1.91 bits per heavy atom. The molecule has 1 radical (unpaired) electrons. The van der Waals surface area contributed by atoms with E-state index >= 15 is 0 Å². The molecule has 59 valence electrons. The second kappa shape index (κ2) is 4.14. The summed E-state index contributed by atoms with van der Waals surface area (Å²) in [7, 11) is 0. The van der Waals surface area contributed by atoms with Crippen molar-refractivity contribution >= 4 is 0 Å². The Kier molecular flexibility index (Phi) is 3.12. The minimum atomic E-state index is -0.435. The first kappa shape index (κ1) is 8.28. The highest BCUT2D eigenvalue weighted by Crippen LogP contribution is 2.03. The molecule has 0 saturated heterocycles. The van der Waals surface area contributed by atoms with E-state index in [1.165, 1.54) is 5.56 Å². The van der Waals surface area contributed by atoms with Crippen LogP contribution in [0.4, 0.5) is 0 Å². The minimum Gasteiger partial charge on any atom is -0.393 e. The van der Waals surface area contributed by atoms with Crippen molar-refractivity contribution in [1.82, 2.24) is 0 Å². The Morgan fingerprint density at radius 3 is 2.45 bits per heavy atom. The van der Waals surface area contributed by atoms with Crippen LogP contribution in [0.15, 0.2) is 30.3 Å². The summed E-state index contributed by atoms with van der Waals surface area (Å²) < 4.78 is 0. The fraction of sp³-hybridized carbons (Fsp3) is 0.300. The highest BCUT2D eigenvalue weighted by Gasteiger charge is 1.95. The standard InChI is InChI=1S/C10H13O/c1-9(11)7-8-10-5-3-2-4-6-10/h2-6,9,11H,1,7-8H2. The van der Waals surface area contributed by atoms with Gasteiger partial charge in [-0.05, 0) is 25.3 Å². The number of hydrogen-bond acceptors (Lipinski definition) is 1. The van der Waals surface area contributed by atoms with Crippen LogP contribution in [0.25, 0.3) is 0 Å². The highest BCUT2D eigenvalue weighted by atomic mass is 16.3. The number of aliphatic hydroxyl groups excluding tert-OH is 1. The van der Waals surface area contributed by atoms with Gasteiger partial charge in [0.25, 0.3) is 0 Å². The Morgan fingerprint density at radius 1 is 1.27 bits per heavy atom. The molecule has 0 heterocycles. The third kappa shape index (κ3) is 3.19. The second-order valence-corrected chi connectivity index (χ2v) is 2.68. The van der Waals surface area contributed by atoms with E-state index < -0.39 is 6.10 Å². The van der Waals surface area contributed by atoms with Crippen molar-refractivity contribution in [3.8, 4) is 0 Å². The highest BCUT2D eigenvalue weighted by molar-refractivity contribution is 5.14. The van der Waals surface area contributed by atoms with Crippen LogP contribution < -0.4 is 0 Å². The average molecular weight is 149 g/mol. The summed E-state index contributed by atoms with van der Waals surface area (Å²) in [5.41, 5.74) is 1.26. The van der Waals surface area contributed by atoms with Crippen LogP contribution in [0, 0.1) is 6.92 Å². The molecule has 0 fully saturated rings. The number of aliphatic hydroxyl groups is 1. The second-order valence-electron chi connectivity index (χ2n) is 2.68. The van der Waals surface area contributed by atoms with Crippen LogP contribution in [0.5, 0.6) is 0 Å². The van der Waals surface area contributed by atoms with Gasteiger partial charge in [-0.25, -0.2) is 0 Å². The number of benzene rings is 1. The van der Waals surface area contributed by atoms with Gasteiger partial charge in [-0.15, -0.1) is 0 Å². The molecule has 0 aromatic heterocycles. The molecule has 1 heteroatoms. The molecule has 0 aliphatic heterocycles. The number of aryl methyl sites for hydroxylation is 1. The summed E-state index contributed by atoms with van der Waals surface area (Å²) in [5, 5.41) is 8.90. The van der Waals surface area contributed by atoms with Crippen LogP contribution in [-0.2, 0) is 6.42 Å². The lowest BCUT2D eigenvalue weighted by atomic mass is 10.1. The molecule has 0 aliphatic carbocycles. The zero-order valence-corrected chi connectivity index (χ0v) is 6.53. The molecular formula is C10H13O. The van der Waals surface area contributed by atoms with Gasteiger partial charge in [0.2, 0.25) is 0 Å². The molecule has 1 aromatic rings. The van der Waals surface area contributed by atoms with Crippen molar-refractivity contribution in [3.05, 3.63) is 42.8 Å². The SMILES string of the molecule is [CH2]C(O)CCc1ccccc1. The van der Waals surface area contributed by atoms with Gasteiger partial charge in [0, 0.05) is 0 Å². The van der Waals surface area contributed by atoms with Crippen LogP contribution in [0.2, 0.25) is 0 Å². The lowest BCUT2D eigenvalue weighted by Gasteiger charge is -2.02. The summed E-state index contributed by atoms with van der Waals surface area (Å²) in [5.74, 6) is 0. The molecule has 11 heavy (non-hydrogen) atoms. The van der Waals surface area contributed by atoms with Crippen molar-refractivity contribution in [2.75, 3.05) is 0 Å². The van der Waals surface area contributed by atoms with Gasteiger partial charge in [0.15, 0.2) is 0 Å². The summed E-state index contributed by atoms with van der Waals surface area (Å²) >= 11 is 0. The van der Waals surface area contributed by atoms with Crippen molar-refractivity contribution < 1.29 is 5.11 Å². The first-order valence-corrected chi connectivity index (χ1v) is 3.84. The van der Waals surface area contributed by atoms with Gasteiger partial charge < -0.3 is 5.11 Å². The number of hydrogen-bond donors (Lipinski definition) is 1. The Bertz CT molecular complexity index is 191. The number of rotatable bonds is 3. The largest absolute Gasteiger partial charge is 0.393 e. The first-order chi connectivity index (χ1) is 5.29. The van der Waals surface area contributed by atoms with Crippen LogP contribution in [0.3, 0.4) is 0 Å². The van der Waals surface area contributed by atoms with Crippen molar-refractivity contribution in [2.45, 2.75) is 18.9 Å². The van der Waals surface area contributed by atoms with Crippen LogP contribution in [0.1, 0.15) is 12.0 Å². The van der Waals surface area contributed by atoms with E-state index in [-0.39, 0.29) is 0 Å². The molecule has 0 spiro atoms. The fourth-order valence-electron chi connectivity index (χ4n) is 0.978. The smallest absolute Gasteiger partial charge is 0.0544 e. The molecule has 0 aliphatic rings. The Hall–Kier alpha value is -0.820. The monoisotopic (exact) mass is 149 g/mol. The predicted octanol–water partition coefficient (Wildman–Crippen LogP) is 1.81. The summed E-state index contributed by atoms with van der Waals surface area (Å²) in [4.78, 5) is 0. The third-order valence-corrected chi connectivity index (χ3v) is 1.61. The lowest BCUT2D eigenvalue weighted by Crippen LogP contribution is -2.01. The van der Waals surface area contributed by atoms with Gasteiger partial charge in [-0.2, -0.15) is 0 Å². The lowest BCUT2D eigenvalue weighted by molar-refractivity contribution is 0.210. The van der Waals surface area contributed by atoms with Gasteiger partial charge in [-0.3, -0.25) is 0 Å². The molecule has 0 amide bonds. The molecular weight excluding hydrogens is 136 g/mol. The van der Waals surface area contributed by atoms with Crippen molar-refractivity contribution in [2.24, 2.45) is 0 Å². The summed E-state index contributed by atoms with van der Waals surface area (Å²) in [6.07, 6.45) is 1.21. The maximum Gasteiger partial charge on any atom is 0.0544 e. The topological polar surface area (TPSA) is 20.2 Å². The normalized spacial score (nSPS) is 12.9. The molecule has 1 N–H and O–H groups in total. The first-order valence-electron chi connectivity index (χ1n) is 3.84. The van der Waals surface area contributed by atoms with Crippen LogP contribution in [-0.4, -0.2) is 11.2 Å². The maximum atomic E-state index is 8.90. The fourth-order valence-corrected chi connectivity index (χ4v) is 0.978. The van der Waals surface area contributed by atoms with E-state index in [1.54, 1.807) is 0 Å². The zero-order chi connectivity index (χ0) is 8.10. The van der Waals surface area contributed by atoms with Crippen LogP contribution >= 0.6 is 0 Å². The molecule has 1 rings (SSSR count). The zero-order valence-electron chi connectivity index (χ0n) is 6.53. The van der Waals surface area contributed by atoms with Gasteiger partial charge in [0.1, 0.15) is 0 Å². The maximum absolute atomic E-state index is 8.90. The van der Waals surface area contributed by atoms with E-state index in [9.17, 15) is 0 Å². The van der Waals surface area contributed by atoms with E-state index in [0.29, 0.717) is 0 Å². The molecule has 0 bridgehead atoms. The predicted molar refractivity (Wildman–Crippen MR) is 46.1 cm³/mol. The van der Waals surface area contributed by atoms with Crippen molar-refractivity contribution in [3.63, 3.8) is 0 Å². The van der Waals surface area contributed by atoms with E-state index in [4.69, 9.17) is 5.11 Å². The van der Waals surface area contributed by atoms with E-state index in [2.05, 4.69) is 19.1 Å². The molecule has 1 unspecified atom stereocenters. The molecule has 1 nitrogen and oxygen atoms in total. The van der Waals surface area contributed by atoms with Crippen molar-refractivity contribution in [1.29, 1.82) is 0 Å². The molecule has 1 atom stereocenters.